The number of aromatic nitrogens is 2. The van der Waals surface area contributed by atoms with Crippen LogP contribution in [0.4, 0.5) is 4.39 Å². The molecule has 0 N–H and O–H groups in total. The molecule has 126 valence electrons. The lowest BCUT2D eigenvalue weighted by Crippen LogP contribution is -2.33. The van der Waals surface area contributed by atoms with E-state index in [1.807, 2.05) is 12.1 Å². The maximum Gasteiger partial charge on any atom is 0.151 e. The van der Waals surface area contributed by atoms with Crippen LogP contribution in [0.15, 0.2) is 47.5 Å². The Balaban J connectivity index is 1.95. The molecule has 3 aromatic rings. The topological polar surface area (TPSA) is 38.1 Å². The molecule has 0 saturated heterocycles. The van der Waals surface area contributed by atoms with Crippen molar-refractivity contribution in [2.24, 2.45) is 4.99 Å². The van der Waals surface area contributed by atoms with Gasteiger partial charge < -0.3 is 0 Å². The van der Waals surface area contributed by atoms with Gasteiger partial charge in [-0.05, 0) is 38.5 Å². The SMILES string of the molecule is Cc1ccc2c(c1)C(C)C(C)(C)N=C2c1cc2cccc(F)c2nn1. The third kappa shape index (κ3) is 2.53. The number of nitrogens with zero attached hydrogens (tertiary/aromatic N) is 3. The Morgan fingerprint density at radius 1 is 1.04 bits per heavy atom. The molecular weight excluding hydrogens is 313 g/mol. The van der Waals surface area contributed by atoms with Gasteiger partial charge in [0.2, 0.25) is 0 Å². The van der Waals surface area contributed by atoms with Crippen molar-refractivity contribution in [1.29, 1.82) is 0 Å². The Bertz CT molecular complexity index is 1020. The molecule has 0 radical (unpaired) electrons. The zero-order valence-corrected chi connectivity index (χ0v) is 14.8. The van der Waals surface area contributed by atoms with Gasteiger partial charge >= 0.3 is 0 Å². The number of hydrogen-bond acceptors (Lipinski definition) is 3. The molecule has 4 heteroatoms. The second-order valence-corrected chi connectivity index (χ2v) is 7.33. The second kappa shape index (κ2) is 5.45. The van der Waals surface area contributed by atoms with Crippen molar-refractivity contribution in [3.63, 3.8) is 0 Å². The summed E-state index contributed by atoms with van der Waals surface area (Å²) in [5, 5.41) is 9.12. The van der Waals surface area contributed by atoms with E-state index in [1.165, 1.54) is 17.2 Å². The van der Waals surface area contributed by atoms with E-state index in [0.717, 1.165) is 16.7 Å². The van der Waals surface area contributed by atoms with Crippen molar-refractivity contribution in [1.82, 2.24) is 10.2 Å². The third-order valence-electron chi connectivity index (χ3n) is 5.20. The Kier molecular flexibility index (Phi) is 3.46. The highest BCUT2D eigenvalue weighted by molar-refractivity contribution is 6.14. The first kappa shape index (κ1) is 15.9. The van der Waals surface area contributed by atoms with Crippen LogP contribution < -0.4 is 0 Å². The maximum atomic E-state index is 13.9. The first-order chi connectivity index (χ1) is 11.9. The molecular formula is C21H20FN3. The fourth-order valence-electron chi connectivity index (χ4n) is 3.43. The number of halogens is 1. The van der Waals surface area contributed by atoms with E-state index < -0.39 is 0 Å². The Hall–Kier alpha value is -2.62. The number of aliphatic imine (C=N–C) groups is 1. The van der Waals surface area contributed by atoms with Gasteiger partial charge in [0, 0.05) is 16.9 Å². The van der Waals surface area contributed by atoms with Crippen LogP contribution >= 0.6 is 0 Å². The largest absolute Gasteiger partial charge is 0.276 e. The molecule has 25 heavy (non-hydrogen) atoms. The van der Waals surface area contributed by atoms with Gasteiger partial charge in [0.1, 0.15) is 11.2 Å². The molecule has 0 bridgehead atoms. The van der Waals surface area contributed by atoms with E-state index in [2.05, 4.69) is 56.1 Å². The molecule has 0 spiro atoms. The highest BCUT2D eigenvalue weighted by atomic mass is 19.1. The van der Waals surface area contributed by atoms with Crippen molar-refractivity contribution in [3.05, 3.63) is 70.7 Å². The summed E-state index contributed by atoms with van der Waals surface area (Å²) < 4.78 is 13.9. The van der Waals surface area contributed by atoms with E-state index in [1.54, 1.807) is 6.07 Å². The Morgan fingerprint density at radius 2 is 1.84 bits per heavy atom. The van der Waals surface area contributed by atoms with Crippen LogP contribution in [0, 0.1) is 12.7 Å². The lowest BCUT2D eigenvalue weighted by atomic mass is 9.77. The van der Waals surface area contributed by atoms with Crippen LogP contribution in [-0.4, -0.2) is 21.4 Å². The molecule has 1 aromatic heterocycles. The zero-order valence-electron chi connectivity index (χ0n) is 14.8. The number of fused-ring (bicyclic) bond motifs is 2. The lowest BCUT2D eigenvalue weighted by Gasteiger charge is -2.35. The van der Waals surface area contributed by atoms with Crippen LogP contribution in [0.3, 0.4) is 0 Å². The molecule has 1 aliphatic rings. The predicted octanol–water partition coefficient (Wildman–Crippen LogP) is 4.81. The van der Waals surface area contributed by atoms with Crippen molar-refractivity contribution < 1.29 is 4.39 Å². The average molecular weight is 333 g/mol. The van der Waals surface area contributed by atoms with Gasteiger partial charge in [-0.25, -0.2) is 4.39 Å². The molecule has 2 aromatic carbocycles. The highest BCUT2D eigenvalue weighted by Gasteiger charge is 2.34. The van der Waals surface area contributed by atoms with Gasteiger partial charge in [-0.15, -0.1) is 10.2 Å². The molecule has 4 rings (SSSR count). The van der Waals surface area contributed by atoms with E-state index in [-0.39, 0.29) is 11.4 Å². The van der Waals surface area contributed by atoms with Crippen LogP contribution in [0.5, 0.6) is 0 Å². The molecule has 2 heterocycles. The summed E-state index contributed by atoms with van der Waals surface area (Å²) in [4.78, 5) is 4.99. The zero-order chi connectivity index (χ0) is 17.8. The van der Waals surface area contributed by atoms with Crippen molar-refractivity contribution in [2.45, 2.75) is 39.2 Å². The highest BCUT2D eigenvalue weighted by Crippen LogP contribution is 2.39. The van der Waals surface area contributed by atoms with Crippen LogP contribution in [0.1, 0.15) is 49.1 Å². The summed E-state index contributed by atoms with van der Waals surface area (Å²) in [6.07, 6.45) is 0. The first-order valence-electron chi connectivity index (χ1n) is 8.50. The molecule has 0 amide bonds. The molecule has 1 atom stereocenters. The minimum atomic E-state index is -0.355. The minimum Gasteiger partial charge on any atom is -0.276 e. The van der Waals surface area contributed by atoms with Gasteiger partial charge in [0.05, 0.1) is 11.3 Å². The normalized spacial score (nSPS) is 18.8. The van der Waals surface area contributed by atoms with Gasteiger partial charge in [-0.2, -0.15) is 0 Å². The number of benzene rings is 2. The van der Waals surface area contributed by atoms with Crippen molar-refractivity contribution in [2.75, 3.05) is 0 Å². The van der Waals surface area contributed by atoms with E-state index in [0.29, 0.717) is 17.1 Å². The van der Waals surface area contributed by atoms with Crippen molar-refractivity contribution in [3.8, 4) is 0 Å². The second-order valence-electron chi connectivity index (χ2n) is 7.33. The van der Waals surface area contributed by atoms with Crippen LogP contribution in [-0.2, 0) is 0 Å². The van der Waals surface area contributed by atoms with Crippen LogP contribution in [0.2, 0.25) is 0 Å². The van der Waals surface area contributed by atoms with E-state index >= 15 is 0 Å². The number of rotatable bonds is 1. The molecule has 1 aliphatic heterocycles. The number of aryl methyl sites for hydroxylation is 1. The molecule has 3 nitrogen and oxygen atoms in total. The fourth-order valence-corrected chi connectivity index (χ4v) is 3.43. The van der Waals surface area contributed by atoms with Gasteiger partial charge in [0.25, 0.3) is 0 Å². The molecule has 1 unspecified atom stereocenters. The summed E-state index contributed by atoms with van der Waals surface area (Å²) in [5.74, 6) is -0.0517. The summed E-state index contributed by atoms with van der Waals surface area (Å²) in [6.45, 7) is 8.58. The first-order valence-corrected chi connectivity index (χ1v) is 8.50. The van der Waals surface area contributed by atoms with Gasteiger partial charge in [-0.1, -0.05) is 42.8 Å². The van der Waals surface area contributed by atoms with Crippen LogP contribution in [0.25, 0.3) is 10.9 Å². The molecule has 0 aliphatic carbocycles. The van der Waals surface area contributed by atoms with E-state index in [4.69, 9.17) is 4.99 Å². The quantitative estimate of drug-likeness (QED) is 0.641. The summed E-state index contributed by atoms with van der Waals surface area (Å²) in [6, 6.07) is 13.2. The monoisotopic (exact) mass is 333 g/mol. The lowest BCUT2D eigenvalue weighted by molar-refractivity contribution is 0.432. The summed E-state index contributed by atoms with van der Waals surface area (Å²) in [5.41, 5.74) is 5.15. The van der Waals surface area contributed by atoms with Gasteiger partial charge in [0.15, 0.2) is 5.82 Å². The minimum absolute atomic E-state index is 0.241. The summed E-state index contributed by atoms with van der Waals surface area (Å²) >= 11 is 0. The smallest absolute Gasteiger partial charge is 0.151 e. The van der Waals surface area contributed by atoms with E-state index in [9.17, 15) is 4.39 Å². The Morgan fingerprint density at radius 3 is 2.64 bits per heavy atom. The maximum absolute atomic E-state index is 13.9. The van der Waals surface area contributed by atoms with Gasteiger partial charge in [-0.3, -0.25) is 4.99 Å². The third-order valence-corrected chi connectivity index (χ3v) is 5.20. The summed E-state index contributed by atoms with van der Waals surface area (Å²) in [7, 11) is 0. The molecule has 0 saturated carbocycles. The van der Waals surface area contributed by atoms with Crippen molar-refractivity contribution >= 4 is 16.6 Å². The fraction of sp³-hybridized carbons (Fsp3) is 0.286. The number of hydrogen-bond donors (Lipinski definition) is 0. The molecule has 0 fully saturated rings. The Labute approximate surface area is 146 Å². The predicted molar refractivity (Wildman–Crippen MR) is 98.8 cm³/mol. The standard InChI is InChI=1S/C21H20FN3/c1-12-8-9-15-16(10-12)13(2)21(3,4)23-20(15)18-11-14-6-5-7-17(22)19(14)25-24-18/h5-11,13H,1-4H3. The average Bonchev–Trinajstić information content (AvgIpc) is 2.58.